The van der Waals surface area contributed by atoms with Crippen LogP contribution in [0.4, 0.5) is 4.39 Å². The smallest absolute Gasteiger partial charge is 0.351 e. The fraction of sp³-hybridized carbons (Fsp3) is 0.200. The average molecular weight is 386 g/mol. The molecule has 7 heteroatoms. The van der Waals surface area contributed by atoms with Crippen LogP contribution in [0, 0.1) is 5.82 Å². The molecule has 0 aliphatic heterocycles. The quantitative estimate of drug-likeness (QED) is 0.649. The highest BCUT2D eigenvalue weighted by molar-refractivity contribution is 7.12. The van der Waals surface area contributed by atoms with Crippen molar-refractivity contribution in [1.29, 1.82) is 0 Å². The summed E-state index contributed by atoms with van der Waals surface area (Å²) in [5, 5.41) is 4.57. The number of nitrogens with one attached hydrogen (secondary N) is 1. The molecule has 1 aromatic carbocycles. The van der Waals surface area contributed by atoms with Gasteiger partial charge >= 0.3 is 5.97 Å². The number of ether oxygens (including phenoxy) is 1. The number of hydrogen-bond donors (Lipinski definition) is 1. The highest BCUT2D eigenvalue weighted by Crippen LogP contribution is 2.23. The van der Waals surface area contributed by atoms with Gasteiger partial charge in [-0.05, 0) is 55.1 Å². The van der Waals surface area contributed by atoms with Gasteiger partial charge in [-0.2, -0.15) is 0 Å². The standard InChI is InChI=1S/C20H19FN2O3S/c1-13(15-5-7-16(21)8-6-15)22-19(24)14(2)26-20(25)18-17(9-12-27-18)23-10-3-4-11-23/h3-14H,1-2H3,(H,22,24). The number of carbonyl (C=O) groups is 2. The molecule has 0 saturated carbocycles. The Morgan fingerprint density at radius 2 is 1.78 bits per heavy atom. The molecule has 140 valence electrons. The molecule has 0 radical (unpaired) electrons. The maximum Gasteiger partial charge on any atom is 0.351 e. The molecule has 5 nitrogen and oxygen atoms in total. The Morgan fingerprint density at radius 3 is 2.44 bits per heavy atom. The molecular weight excluding hydrogens is 367 g/mol. The molecule has 0 saturated heterocycles. The molecule has 1 N–H and O–H groups in total. The van der Waals surface area contributed by atoms with E-state index in [-0.39, 0.29) is 11.9 Å². The van der Waals surface area contributed by atoms with E-state index >= 15 is 0 Å². The summed E-state index contributed by atoms with van der Waals surface area (Å²) in [6, 6.07) is 11.1. The topological polar surface area (TPSA) is 60.3 Å². The van der Waals surface area contributed by atoms with Crippen LogP contribution in [-0.4, -0.2) is 22.5 Å². The first kappa shape index (κ1) is 18.8. The SMILES string of the molecule is CC(OC(=O)c1sccc1-n1cccc1)C(=O)NC(C)c1ccc(F)cc1. The first-order valence-electron chi connectivity index (χ1n) is 8.43. The zero-order valence-corrected chi connectivity index (χ0v) is 15.7. The number of carbonyl (C=O) groups excluding carboxylic acids is 2. The number of amides is 1. The Hall–Kier alpha value is -2.93. The van der Waals surface area contributed by atoms with E-state index in [9.17, 15) is 14.0 Å². The third-order valence-corrected chi connectivity index (χ3v) is 4.98. The number of aromatic nitrogens is 1. The van der Waals surface area contributed by atoms with Crippen molar-refractivity contribution < 1.29 is 18.7 Å². The summed E-state index contributed by atoms with van der Waals surface area (Å²) in [5.74, 6) is -1.31. The van der Waals surface area contributed by atoms with Gasteiger partial charge in [0.05, 0.1) is 11.7 Å². The van der Waals surface area contributed by atoms with Gasteiger partial charge in [-0.1, -0.05) is 12.1 Å². The lowest BCUT2D eigenvalue weighted by Gasteiger charge is -2.18. The van der Waals surface area contributed by atoms with Crippen molar-refractivity contribution in [3.63, 3.8) is 0 Å². The number of thiophene rings is 1. The third-order valence-electron chi connectivity index (χ3n) is 4.09. The number of benzene rings is 1. The Labute approximate surface area is 160 Å². The van der Waals surface area contributed by atoms with Gasteiger partial charge in [0.1, 0.15) is 10.7 Å². The van der Waals surface area contributed by atoms with E-state index in [0.29, 0.717) is 10.6 Å². The van der Waals surface area contributed by atoms with Crippen LogP contribution in [-0.2, 0) is 9.53 Å². The van der Waals surface area contributed by atoms with Crippen LogP contribution in [0.1, 0.15) is 35.1 Å². The van der Waals surface area contributed by atoms with Gasteiger partial charge in [-0.25, -0.2) is 9.18 Å². The first-order chi connectivity index (χ1) is 13.0. The zero-order valence-electron chi connectivity index (χ0n) is 14.9. The molecule has 2 aromatic heterocycles. The fourth-order valence-corrected chi connectivity index (χ4v) is 3.36. The highest BCUT2D eigenvalue weighted by atomic mass is 32.1. The van der Waals surface area contributed by atoms with Crippen molar-refractivity contribution >= 4 is 23.2 Å². The predicted octanol–water partition coefficient (Wildman–Crippen LogP) is 4.10. The summed E-state index contributed by atoms with van der Waals surface area (Å²) in [6.45, 7) is 3.30. The van der Waals surface area contributed by atoms with Gasteiger partial charge in [0.2, 0.25) is 0 Å². The van der Waals surface area contributed by atoms with Crippen LogP contribution in [0.3, 0.4) is 0 Å². The molecular formula is C20H19FN2O3S. The van der Waals surface area contributed by atoms with Crippen molar-refractivity contribution in [3.8, 4) is 5.69 Å². The Morgan fingerprint density at radius 1 is 1.11 bits per heavy atom. The van der Waals surface area contributed by atoms with Crippen molar-refractivity contribution in [1.82, 2.24) is 9.88 Å². The zero-order chi connectivity index (χ0) is 19.4. The number of rotatable bonds is 6. The second-order valence-corrected chi connectivity index (χ2v) is 6.97. The van der Waals surface area contributed by atoms with Gasteiger partial charge < -0.3 is 14.6 Å². The predicted molar refractivity (Wildman–Crippen MR) is 101 cm³/mol. The maximum atomic E-state index is 13.0. The van der Waals surface area contributed by atoms with E-state index in [0.717, 1.165) is 5.56 Å². The molecule has 0 bridgehead atoms. The second kappa shape index (κ2) is 8.18. The molecule has 2 atom stereocenters. The Bertz CT molecular complexity index is 919. The molecule has 3 rings (SSSR count). The minimum absolute atomic E-state index is 0.337. The second-order valence-electron chi connectivity index (χ2n) is 6.05. The van der Waals surface area contributed by atoms with Crippen LogP contribution in [0.15, 0.2) is 60.2 Å². The van der Waals surface area contributed by atoms with Gasteiger partial charge in [-0.15, -0.1) is 11.3 Å². The highest BCUT2D eigenvalue weighted by Gasteiger charge is 2.23. The van der Waals surface area contributed by atoms with Crippen LogP contribution in [0.25, 0.3) is 5.69 Å². The minimum atomic E-state index is -0.958. The molecule has 0 fully saturated rings. The first-order valence-corrected chi connectivity index (χ1v) is 9.31. The summed E-state index contributed by atoms with van der Waals surface area (Å²) >= 11 is 1.26. The summed E-state index contributed by atoms with van der Waals surface area (Å²) < 4.78 is 20.2. The number of esters is 1. The normalized spacial score (nSPS) is 13.0. The van der Waals surface area contributed by atoms with E-state index in [2.05, 4.69) is 5.32 Å². The molecule has 27 heavy (non-hydrogen) atoms. The van der Waals surface area contributed by atoms with Gasteiger partial charge in [0.15, 0.2) is 6.10 Å². The average Bonchev–Trinajstić information content (AvgIpc) is 3.33. The van der Waals surface area contributed by atoms with Crippen LogP contribution in [0.2, 0.25) is 0 Å². The Balaban J connectivity index is 1.62. The maximum absolute atomic E-state index is 13.0. The molecule has 0 aliphatic carbocycles. The van der Waals surface area contributed by atoms with Gasteiger partial charge in [0, 0.05) is 12.4 Å². The van der Waals surface area contributed by atoms with E-state index < -0.39 is 18.0 Å². The van der Waals surface area contributed by atoms with E-state index in [1.165, 1.54) is 30.4 Å². The summed E-state index contributed by atoms with van der Waals surface area (Å²) in [6.07, 6.45) is 2.71. The van der Waals surface area contributed by atoms with Crippen molar-refractivity contribution in [2.24, 2.45) is 0 Å². The third kappa shape index (κ3) is 4.43. The van der Waals surface area contributed by atoms with E-state index in [4.69, 9.17) is 4.74 Å². The van der Waals surface area contributed by atoms with Crippen LogP contribution in [0.5, 0.6) is 0 Å². The number of hydrogen-bond acceptors (Lipinski definition) is 4. The molecule has 0 aliphatic rings. The van der Waals surface area contributed by atoms with Crippen molar-refractivity contribution in [3.05, 3.63) is 76.5 Å². The Kier molecular flexibility index (Phi) is 5.71. The van der Waals surface area contributed by atoms with Crippen molar-refractivity contribution in [2.45, 2.75) is 26.0 Å². The van der Waals surface area contributed by atoms with Crippen LogP contribution < -0.4 is 5.32 Å². The summed E-state index contributed by atoms with van der Waals surface area (Å²) in [7, 11) is 0. The van der Waals surface area contributed by atoms with E-state index in [1.807, 2.05) is 35.2 Å². The molecule has 0 spiro atoms. The lowest BCUT2D eigenvalue weighted by atomic mass is 10.1. The number of nitrogens with zero attached hydrogens (tertiary/aromatic N) is 1. The molecule has 2 unspecified atom stereocenters. The largest absolute Gasteiger partial charge is 0.448 e. The fourth-order valence-electron chi connectivity index (χ4n) is 2.59. The molecule has 3 aromatic rings. The molecule has 2 heterocycles. The van der Waals surface area contributed by atoms with Crippen molar-refractivity contribution in [2.75, 3.05) is 0 Å². The lowest BCUT2D eigenvalue weighted by molar-refractivity contribution is -0.129. The lowest BCUT2D eigenvalue weighted by Crippen LogP contribution is -2.37. The molecule has 1 amide bonds. The summed E-state index contributed by atoms with van der Waals surface area (Å²) in [4.78, 5) is 25.3. The van der Waals surface area contributed by atoms with Crippen LogP contribution >= 0.6 is 11.3 Å². The number of halogens is 1. The van der Waals surface area contributed by atoms with Gasteiger partial charge in [-0.3, -0.25) is 4.79 Å². The summed E-state index contributed by atoms with van der Waals surface area (Å²) in [5.41, 5.74) is 1.47. The van der Waals surface area contributed by atoms with E-state index in [1.54, 1.807) is 24.4 Å². The monoisotopic (exact) mass is 386 g/mol. The minimum Gasteiger partial charge on any atom is -0.448 e. The van der Waals surface area contributed by atoms with Gasteiger partial charge in [0.25, 0.3) is 5.91 Å².